The van der Waals surface area contributed by atoms with Gasteiger partial charge in [-0.2, -0.15) is 0 Å². The smallest absolute Gasteiger partial charge is 0.410 e. The Balaban J connectivity index is 1.58. The molecule has 2 aliphatic heterocycles. The summed E-state index contributed by atoms with van der Waals surface area (Å²) in [4.78, 5) is 25.8. The fourth-order valence-corrected chi connectivity index (χ4v) is 4.64. The molecule has 8 nitrogen and oxygen atoms in total. The van der Waals surface area contributed by atoms with Gasteiger partial charge in [0.15, 0.2) is 5.96 Å². The fraction of sp³-hybridized carbons (Fsp3) is 0.714. The number of nitrogens with zero attached hydrogens (tertiary/aromatic N) is 4. The molecule has 1 unspecified atom stereocenters. The molecule has 2 fully saturated rings. The number of nitrogens with two attached hydrogens (primary N) is 1. The summed E-state index contributed by atoms with van der Waals surface area (Å²) >= 11 is 1.82. The van der Waals surface area contributed by atoms with Crippen LogP contribution in [0.1, 0.15) is 36.6 Å². The molecule has 1 aromatic rings. The number of morpholine rings is 1. The predicted octanol–water partition coefficient (Wildman–Crippen LogP) is 2.30. The highest BCUT2D eigenvalue weighted by Gasteiger charge is 2.27. The van der Waals surface area contributed by atoms with Crippen LogP contribution in [-0.4, -0.2) is 91.4 Å². The molecule has 30 heavy (non-hydrogen) atoms. The van der Waals surface area contributed by atoms with Crippen LogP contribution in [0.5, 0.6) is 0 Å². The number of amides is 1. The average Bonchev–Trinajstić information content (AvgIpc) is 3.13. The number of ether oxygens (including phenoxy) is 2. The van der Waals surface area contributed by atoms with Crippen molar-refractivity contribution in [3.63, 3.8) is 0 Å². The van der Waals surface area contributed by atoms with Gasteiger partial charge in [0.1, 0.15) is 5.60 Å². The molecule has 0 aromatic carbocycles. The molecule has 3 rings (SSSR count). The highest BCUT2D eigenvalue weighted by Crippen LogP contribution is 2.28. The number of guanidine groups is 1. The Labute approximate surface area is 183 Å². The van der Waals surface area contributed by atoms with Crippen molar-refractivity contribution in [2.45, 2.75) is 39.3 Å². The number of carbonyl (C=O) groups is 1. The lowest BCUT2D eigenvalue weighted by Crippen LogP contribution is -2.53. The fourth-order valence-electron chi connectivity index (χ4n) is 3.63. The number of hydrogen-bond acceptors (Lipinski definition) is 6. The van der Waals surface area contributed by atoms with Gasteiger partial charge in [-0.15, -0.1) is 11.3 Å². The zero-order valence-electron chi connectivity index (χ0n) is 18.6. The molecule has 0 aliphatic carbocycles. The van der Waals surface area contributed by atoms with Crippen molar-refractivity contribution in [1.82, 2.24) is 14.7 Å². The van der Waals surface area contributed by atoms with Crippen LogP contribution < -0.4 is 5.73 Å². The van der Waals surface area contributed by atoms with Crippen molar-refractivity contribution in [2.75, 3.05) is 59.0 Å². The van der Waals surface area contributed by atoms with Gasteiger partial charge in [0, 0.05) is 49.0 Å². The standard InChI is InChI=1S/C21H35N5O3S/c1-16-5-6-18(30-16)17(24-11-13-28-14-12-24)15-23-19(22)25-7-9-26(10-8-25)20(27)29-21(2,3)4/h5-6,17H,7-15H2,1-4H3,(H2,22,23). The van der Waals surface area contributed by atoms with Crippen molar-refractivity contribution in [3.8, 4) is 0 Å². The van der Waals surface area contributed by atoms with Gasteiger partial charge in [0.2, 0.25) is 0 Å². The average molecular weight is 438 g/mol. The Morgan fingerprint density at radius 2 is 1.80 bits per heavy atom. The van der Waals surface area contributed by atoms with E-state index in [0.717, 1.165) is 26.3 Å². The predicted molar refractivity (Wildman–Crippen MR) is 120 cm³/mol. The van der Waals surface area contributed by atoms with Gasteiger partial charge in [-0.3, -0.25) is 9.89 Å². The highest BCUT2D eigenvalue weighted by molar-refractivity contribution is 7.12. The molecule has 9 heteroatoms. The van der Waals surface area contributed by atoms with E-state index in [2.05, 4.69) is 28.9 Å². The first-order valence-corrected chi connectivity index (χ1v) is 11.5. The second kappa shape index (κ2) is 9.98. The van der Waals surface area contributed by atoms with Crippen LogP contribution in [0, 0.1) is 6.92 Å². The Morgan fingerprint density at radius 1 is 1.17 bits per heavy atom. The van der Waals surface area contributed by atoms with E-state index in [1.165, 1.54) is 9.75 Å². The highest BCUT2D eigenvalue weighted by atomic mass is 32.1. The maximum atomic E-state index is 12.2. The molecule has 1 atom stereocenters. The zero-order chi connectivity index (χ0) is 21.7. The number of piperazine rings is 1. The van der Waals surface area contributed by atoms with Crippen LogP contribution in [0.15, 0.2) is 17.1 Å². The summed E-state index contributed by atoms with van der Waals surface area (Å²) in [7, 11) is 0. The summed E-state index contributed by atoms with van der Waals surface area (Å²) in [6, 6.07) is 4.58. The molecule has 0 radical (unpaired) electrons. The molecule has 2 saturated heterocycles. The van der Waals surface area contributed by atoms with E-state index >= 15 is 0 Å². The summed E-state index contributed by atoms with van der Waals surface area (Å²) in [6.45, 7) is 14.2. The van der Waals surface area contributed by atoms with Crippen LogP contribution in [0.2, 0.25) is 0 Å². The number of carbonyl (C=O) groups excluding carboxylic acids is 1. The second-order valence-corrected chi connectivity index (χ2v) is 10.1. The van der Waals surface area contributed by atoms with Gasteiger partial charge in [-0.25, -0.2) is 4.79 Å². The lowest BCUT2D eigenvalue weighted by Gasteiger charge is -2.36. The van der Waals surface area contributed by atoms with Gasteiger partial charge < -0.3 is 25.0 Å². The Morgan fingerprint density at radius 3 is 2.37 bits per heavy atom. The summed E-state index contributed by atoms with van der Waals surface area (Å²) in [6.07, 6.45) is -0.266. The monoisotopic (exact) mass is 437 g/mol. The zero-order valence-corrected chi connectivity index (χ0v) is 19.4. The molecule has 3 heterocycles. The Bertz CT molecular complexity index is 731. The number of aryl methyl sites for hydroxylation is 1. The van der Waals surface area contributed by atoms with E-state index in [9.17, 15) is 4.79 Å². The quantitative estimate of drug-likeness (QED) is 0.575. The molecule has 2 aliphatic rings. The minimum Gasteiger partial charge on any atom is -0.444 e. The first-order chi connectivity index (χ1) is 14.2. The minimum absolute atomic E-state index is 0.217. The van der Waals surface area contributed by atoms with Crippen LogP contribution in [0.4, 0.5) is 4.79 Å². The number of thiophene rings is 1. The van der Waals surface area contributed by atoms with Gasteiger partial charge in [-0.1, -0.05) is 0 Å². The first-order valence-electron chi connectivity index (χ1n) is 10.6. The number of rotatable bonds is 4. The lowest BCUT2D eigenvalue weighted by atomic mass is 10.2. The van der Waals surface area contributed by atoms with E-state index in [1.54, 1.807) is 4.90 Å². The van der Waals surface area contributed by atoms with E-state index in [0.29, 0.717) is 38.7 Å². The minimum atomic E-state index is -0.483. The van der Waals surface area contributed by atoms with E-state index in [-0.39, 0.29) is 12.1 Å². The summed E-state index contributed by atoms with van der Waals surface area (Å²) in [5.41, 5.74) is 5.85. The first kappa shape index (κ1) is 22.8. The largest absolute Gasteiger partial charge is 0.444 e. The molecule has 0 bridgehead atoms. The molecule has 0 saturated carbocycles. The van der Waals surface area contributed by atoms with Crippen molar-refractivity contribution >= 4 is 23.4 Å². The molecule has 1 aromatic heterocycles. The van der Waals surface area contributed by atoms with Crippen LogP contribution in [0.25, 0.3) is 0 Å². The van der Waals surface area contributed by atoms with Crippen molar-refractivity contribution < 1.29 is 14.3 Å². The summed E-state index contributed by atoms with van der Waals surface area (Å²) in [5.74, 6) is 0.547. The van der Waals surface area contributed by atoms with Crippen LogP contribution in [0.3, 0.4) is 0 Å². The molecule has 1 amide bonds. The molecular weight excluding hydrogens is 402 g/mol. The lowest BCUT2D eigenvalue weighted by molar-refractivity contribution is 0.0176. The Hall–Kier alpha value is -1.84. The maximum absolute atomic E-state index is 12.2. The number of hydrogen-bond donors (Lipinski definition) is 1. The third kappa shape index (κ3) is 6.33. The van der Waals surface area contributed by atoms with Crippen LogP contribution in [-0.2, 0) is 9.47 Å². The van der Waals surface area contributed by atoms with E-state index < -0.39 is 5.60 Å². The van der Waals surface area contributed by atoms with Gasteiger partial charge in [-0.05, 0) is 39.8 Å². The van der Waals surface area contributed by atoms with Gasteiger partial charge in [0.25, 0.3) is 0 Å². The van der Waals surface area contributed by atoms with Crippen molar-refractivity contribution in [2.24, 2.45) is 10.7 Å². The molecule has 0 spiro atoms. The van der Waals surface area contributed by atoms with Crippen LogP contribution >= 0.6 is 11.3 Å². The topological polar surface area (TPSA) is 83.6 Å². The summed E-state index contributed by atoms with van der Waals surface area (Å²) < 4.78 is 11.0. The number of aliphatic imine (C=N–C) groups is 1. The van der Waals surface area contributed by atoms with Gasteiger partial charge >= 0.3 is 6.09 Å². The third-order valence-electron chi connectivity index (χ3n) is 5.26. The summed E-state index contributed by atoms with van der Waals surface area (Å²) in [5, 5.41) is 0. The Kier molecular flexibility index (Phi) is 7.60. The molecule has 168 valence electrons. The van der Waals surface area contributed by atoms with Gasteiger partial charge in [0.05, 0.1) is 25.8 Å². The van der Waals surface area contributed by atoms with E-state index in [4.69, 9.17) is 20.2 Å². The maximum Gasteiger partial charge on any atom is 0.410 e. The van der Waals surface area contributed by atoms with E-state index in [1.807, 2.05) is 32.1 Å². The van der Waals surface area contributed by atoms with Crippen molar-refractivity contribution in [1.29, 1.82) is 0 Å². The molecule has 2 N–H and O–H groups in total. The normalized spacial score (nSPS) is 20.3. The second-order valence-electron chi connectivity index (χ2n) is 8.77. The third-order valence-corrected chi connectivity index (χ3v) is 6.36. The SMILES string of the molecule is Cc1ccc(C(CN=C(N)N2CCN(C(=O)OC(C)(C)C)CC2)N2CCOCC2)s1. The van der Waals surface area contributed by atoms with Crippen molar-refractivity contribution in [3.05, 3.63) is 21.9 Å². The molecular formula is C21H35N5O3S.